The van der Waals surface area contributed by atoms with E-state index in [0.717, 1.165) is 11.1 Å². The van der Waals surface area contributed by atoms with Crippen LogP contribution in [0.2, 0.25) is 5.02 Å². The van der Waals surface area contributed by atoms with Gasteiger partial charge < -0.3 is 0 Å². The zero-order chi connectivity index (χ0) is 21.1. The topological polar surface area (TPSA) is 40.6 Å². The smallest absolute Gasteiger partial charge is 0.243 e. The highest BCUT2D eigenvalue weighted by Gasteiger charge is 2.32. The number of rotatable bonds is 5. The molecule has 3 aromatic rings. The van der Waals surface area contributed by atoms with Gasteiger partial charge >= 0.3 is 0 Å². The van der Waals surface area contributed by atoms with Crippen molar-refractivity contribution in [3.63, 3.8) is 0 Å². The molecule has 0 aromatic heterocycles. The highest BCUT2D eigenvalue weighted by Crippen LogP contribution is 2.30. The molecule has 156 valence electrons. The molecule has 0 aliphatic carbocycles. The summed E-state index contributed by atoms with van der Waals surface area (Å²) < 4.78 is 40.9. The van der Waals surface area contributed by atoms with Gasteiger partial charge in [-0.15, -0.1) is 0 Å². The van der Waals surface area contributed by atoms with Crippen molar-refractivity contribution in [3.05, 3.63) is 101 Å². The molecular formula is C23H22ClFN2O2S. The third-order valence-corrected chi connectivity index (χ3v) is 7.56. The molecule has 1 atom stereocenters. The second-order valence-corrected chi connectivity index (χ2v) is 9.63. The molecule has 1 saturated heterocycles. The Morgan fingerprint density at radius 1 is 0.767 bits per heavy atom. The monoisotopic (exact) mass is 444 g/mol. The first-order valence-corrected chi connectivity index (χ1v) is 11.6. The van der Waals surface area contributed by atoms with E-state index in [2.05, 4.69) is 4.90 Å². The quantitative estimate of drug-likeness (QED) is 0.578. The predicted molar refractivity (Wildman–Crippen MR) is 116 cm³/mol. The molecule has 30 heavy (non-hydrogen) atoms. The molecule has 3 aromatic carbocycles. The van der Waals surface area contributed by atoms with Crippen LogP contribution in [0.25, 0.3) is 0 Å². The Labute approximate surface area is 181 Å². The van der Waals surface area contributed by atoms with Crippen molar-refractivity contribution < 1.29 is 12.8 Å². The first kappa shape index (κ1) is 21.0. The zero-order valence-corrected chi connectivity index (χ0v) is 17.9. The summed E-state index contributed by atoms with van der Waals surface area (Å²) in [5, 5.41) is 0.503. The van der Waals surface area contributed by atoms with Gasteiger partial charge in [-0.25, -0.2) is 12.8 Å². The van der Waals surface area contributed by atoms with Crippen LogP contribution in [0, 0.1) is 5.82 Å². The number of halogens is 2. The van der Waals surface area contributed by atoms with Crippen molar-refractivity contribution in [2.75, 3.05) is 26.2 Å². The Balaban J connectivity index is 1.56. The minimum absolute atomic E-state index is 0.0628. The maximum absolute atomic E-state index is 13.5. The van der Waals surface area contributed by atoms with Crippen LogP contribution in [0.15, 0.2) is 83.8 Å². The van der Waals surface area contributed by atoms with Crippen LogP contribution in [0.1, 0.15) is 17.2 Å². The van der Waals surface area contributed by atoms with Crippen molar-refractivity contribution in [2.24, 2.45) is 0 Å². The van der Waals surface area contributed by atoms with E-state index in [0.29, 0.717) is 31.2 Å². The molecule has 1 heterocycles. The van der Waals surface area contributed by atoms with Crippen molar-refractivity contribution >= 4 is 21.6 Å². The number of hydrogen-bond donors (Lipinski definition) is 0. The Morgan fingerprint density at radius 3 is 1.93 bits per heavy atom. The minimum Gasteiger partial charge on any atom is -0.290 e. The van der Waals surface area contributed by atoms with Crippen molar-refractivity contribution in [1.82, 2.24) is 9.21 Å². The lowest BCUT2D eigenvalue weighted by Crippen LogP contribution is -2.49. The highest BCUT2D eigenvalue weighted by molar-refractivity contribution is 7.89. The average Bonchev–Trinajstić information content (AvgIpc) is 2.77. The van der Waals surface area contributed by atoms with E-state index < -0.39 is 10.0 Å². The van der Waals surface area contributed by atoms with Crippen molar-refractivity contribution in [2.45, 2.75) is 10.9 Å². The number of sulfonamides is 1. The third-order valence-electron chi connectivity index (χ3n) is 5.39. The number of piperazine rings is 1. The Kier molecular flexibility index (Phi) is 6.20. The van der Waals surface area contributed by atoms with Gasteiger partial charge in [-0.1, -0.05) is 54.1 Å². The molecule has 0 spiro atoms. The fraction of sp³-hybridized carbons (Fsp3) is 0.217. The fourth-order valence-electron chi connectivity index (χ4n) is 3.85. The average molecular weight is 445 g/mol. The molecule has 4 nitrogen and oxygen atoms in total. The Hall–Kier alpha value is -2.25. The standard InChI is InChI=1S/C23H22ClFN2O2S/c24-20-8-12-22(13-9-20)30(28,29)27-16-14-26(15-17-27)23(18-4-2-1-3-5-18)19-6-10-21(25)11-7-19/h1-13,23H,14-17H2/t23-/m0/s1. The number of nitrogens with zero attached hydrogens (tertiary/aromatic N) is 2. The minimum atomic E-state index is -3.56. The Bertz CT molecular complexity index is 1080. The summed E-state index contributed by atoms with van der Waals surface area (Å²) in [5.41, 5.74) is 2.08. The summed E-state index contributed by atoms with van der Waals surface area (Å²) in [6, 6.07) is 22.7. The summed E-state index contributed by atoms with van der Waals surface area (Å²) in [5.74, 6) is -0.274. The van der Waals surface area contributed by atoms with Crippen molar-refractivity contribution in [1.29, 1.82) is 0 Å². The lowest BCUT2D eigenvalue weighted by molar-refractivity contribution is 0.155. The molecule has 4 rings (SSSR count). The molecule has 7 heteroatoms. The van der Waals surface area contributed by atoms with E-state index >= 15 is 0 Å². The van der Waals surface area contributed by atoms with Gasteiger partial charge in [0, 0.05) is 31.2 Å². The molecule has 0 unspecified atom stereocenters. The van der Waals surface area contributed by atoms with Crippen LogP contribution in [-0.2, 0) is 10.0 Å². The van der Waals surface area contributed by atoms with E-state index in [1.807, 2.05) is 30.3 Å². The molecule has 1 aliphatic rings. The predicted octanol–water partition coefficient (Wildman–Crippen LogP) is 4.58. The van der Waals surface area contributed by atoms with E-state index in [1.54, 1.807) is 24.3 Å². The van der Waals surface area contributed by atoms with E-state index in [1.165, 1.54) is 28.6 Å². The molecule has 1 aliphatic heterocycles. The maximum atomic E-state index is 13.5. The molecule has 0 saturated carbocycles. The molecule has 0 bridgehead atoms. The molecule has 0 amide bonds. The van der Waals surface area contributed by atoms with Gasteiger partial charge in [0.1, 0.15) is 5.82 Å². The molecular weight excluding hydrogens is 423 g/mol. The summed E-state index contributed by atoms with van der Waals surface area (Å²) in [6.07, 6.45) is 0. The summed E-state index contributed by atoms with van der Waals surface area (Å²) in [4.78, 5) is 2.50. The van der Waals surface area contributed by atoms with E-state index in [-0.39, 0.29) is 16.8 Å². The second kappa shape index (κ2) is 8.86. The molecule has 1 fully saturated rings. The van der Waals surface area contributed by atoms with Gasteiger partial charge in [0.05, 0.1) is 10.9 Å². The van der Waals surface area contributed by atoms with Crippen LogP contribution in [0.3, 0.4) is 0 Å². The van der Waals surface area contributed by atoms with Crippen LogP contribution in [-0.4, -0.2) is 43.8 Å². The largest absolute Gasteiger partial charge is 0.290 e. The molecule has 0 N–H and O–H groups in total. The van der Waals surface area contributed by atoms with E-state index in [9.17, 15) is 12.8 Å². The van der Waals surface area contributed by atoms with E-state index in [4.69, 9.17) is 11.6 Å². The fourth-order valence-corrected chi connectivity index (χ4v) is 5.40. The van der Waals surface area contributed by atoms with Crippen molar-refractivity contribution in [3.8, 4) is 0 Å². The normalized spacial score (nSPS) is 17.0. The SMILES string of the molecule is O=S(=O)(c1ccc(Cl)cc1)N1CCN([C@@H](c2ccccc2)c2ccc(F)cc2)CC1. The number of hydrogen-bond acceptors (Lipinski definition) is 3. The Morgan fingerprint density at radius 2 is 1.33 bits per heavy atom. The molecule has 0 radical (unpaired) electrons. The van der Waals surface area contributed by atoms with Gasteiger partial charge in [0.2, 0.25) is 10.0 Å². The first-order valence-electron chi connectivity index (χ1n) is 9.75. The first-order chi connectivity index (χ1) is 14.4. The maximum Gasteiger partial charge on any atom is 0.243 e. The summed E-state index contributed by atoms with van der Waals surface area (Å²) in [7, 11) is -3.56. The van der Waals surface area contributed by atoms with Gasteiger partial charge in [-0.3, -0.25) is 4.90 Å². The van der Waals surface area contributed by atoms with Gasteiger partial charge in [0.25, 0.3) is 0 Å². The lowest BCUT2D eigenvalue weighted by atomic mass is 9.96. The second-order valence-electron chi connectivity index (χ2n) is 7.26. The van der Waals surface area contributed by atoms with Crippen LogP contribution < -0.4 is 0 Å². The summed E-state index contributed by atoms with van der Waals surface area (Å²) in [6.45, 7) is 1.92. The lowest BCUT2D eigenvalue weighted by Gasteiger charge is -2.39. The van der Waals surface area contributed by atoms with Gasteiger partial charge in [-0.2, -0.15) is 4.31 Å². The van der Waals surface area contributed by atoms with Gasteiger partial charge in [-0.05, 0) is 47.5 Å². The number of benzene rings is 3. The van der Waals surface area contributed by atoms with Gasteiger partial charge in [0.15, 0.2) is 0 Å². The summed E-state index contributed by atoms with van der Waals surface area (Å²) >= 11 is 5.89. The van der Waals surface area contributed by atoms with Crippen LogP contribution >= 0.6 is 11.6 Å². The van der Waals surface area contributed by atoms with Crippen LogP contribution in [0.5, 0.6) is 0 Å². The zero-order valence-electron chi connectivity index (χ0n) is 16.3. The van der Waals surface area contributed by atoms with Crippen LogP contribution in [0.4, 0.5) is 4.39 Å². The highest BCUT2D eigenvalue weighted by atomic mass is 35.5. The third kappa shape index (κ3) is 4.42.